The molecule has 120 valence electrons. The van der Waals surface area contributed by atoms with E-state index < -0.39 is 0 Å². The first-order chi connectivity index (χ1) is 9.74. The van der Waals surface area contributed by atoms with E-state index in [4.69, 9.17) is 0 Å². The largest absolute Gasteiger partial charge is 0.325 e. The number of fused-ring (bicyclic) bond motifs is 1. The van der Waals surface area contributed by atoms with E-state index in [0.29, 0.717) is 6.04 Å². The third-order valence-electron chi connectivity index (χ3n) is 3.80. The number of halogens is 2. The Bertz CT molecular complexity index is 632. The lowest BCUT2D eigenvalue weighted by Crippen LogP contribution is -2.40. The maximum Gasteiger partial charge on any atom is 0.227 e. The fraction of sp³-hybridized carbons (Fsp3) is 0.400. The van der Waals surface area contributed by atoms with Crippen LogP contribution in [0.3, 0.4) is 0 Å². The number of aromatic nitrogens is 2. The highest BCUT2D eigenvalue weighted by atomic mass is 35.5. The van der Waals surface area contributed by atoms with Crippen molar-refractivity contribution >= 4 is 47.3 Å². The molecule has 3 heterocycles. The number of carbonyl (C=O) groups is 1. The molecule has 0 aromatic carbocycles. The van der Waals surface area contributed by atoms with Gasteiger partial charge in [-0.25, -0.2) is 0 Å². The maximum absolute atomic E-state index is 12.4. The topological polar surface area (TPSA) is 66.9 Å². The molecule has 1 aliphatic heterocycles. The molecule has 22 heavy (non-hydrogen) atoms. The van der Waals surface area contributed by atoms with Crippen LogP contribution in [0, 0.1) is 5.92 Å². The van der Waals surface area contributed by atoms with Crippen molar-refractivity contribution in [2.24, 2.45) is 5.92 Å². The van der Waals surface area contributed by atoms with Crippen LogP contribution in [0.1, 0.15) is 19.8 Å². The summed E-state index contributed by atoms with van der Waals surface area (Å²) >= 11 is 0. The molecular formula is C15H20Cl2N4O. The van der Waals surface area contributed by atoms with Gasteiger partial charge < -0.3 is 10.6 Å². The van der Waals surface area contributed by atoms with Gasteiger partial charge in [-0.3, -0.25) is 14.8 Å². The Hall–Kier alpha value is -1.43. The van der Waals surface area contributed by atoms with Crippen LogP contribution in [0.4, 0.5) is 5.69 Å². The highest BCUT2D eigenvalue weighted by Gasteiger charge is 2.24. The van der Waals surface area contributed by atoms with E-state index in [1.807, 2.05) is 12.1 Å². The van der Waals surface area contributed by atoms with Crippen LogP contribution in [-0.4, -0.2) is 28.5 Å². The summed E-state index contributed by atoms with van der Waals surface area (Å²) in [6.07, 6.45) is 6.92. The zero-order chi connectivity index (χ0) is 13.9. The summed E-state index contributed by atoms with van der Waals surface area (Å²) in [7, 11) is 0. The quantitative estimate of drug-likeness (QED) is 0.880. The van der Waals surface area contributed by atoms with Gasteiger partial charge in [-0.1, -0.05) is 0 Å². The van der Waals surface area contributed by atoms with Crippen LogP contribution in [-0.2, 0) is 4.79 Å². The molecule has 1 saturated heterocycles. The molecule has 2 atom stereocenters. The molecule has 0 radical (unpaired) electrons. The highest BCUT2D eigenvalue weighted by molar-refractivity contribution is 6.01. The minimum Gasteiger partial charge on any atom is -0.325 e. The summed E-state index contributed by atoms with van der Waals surface area (Å²) in [4.78, 5) is 20.8. The van der Waals surface area contributed by atoms with Gasteiger partial charge in [-0.15, -0.1) is 24.8 Å². The van der Waals surface area contributed by atoms with Crippen molar-refractivity contribution in [3.8, 4) is 0 Å². The van der Waals surface area contributed by atoms with E-state index in [2.05, 4.69) is 27.5 Å². The number of nitrogens with one attached hydrogen (secondary N) is 2. The summed E-state index contributed by atoms with van der Waals surface area (Å²) in [6.45, 7) is 3.02. The van der Waals surface area contributed by atoms with E-state index >= 15 is 0 Å². The smallest absolute Gasteiger partial charge is 0.227 e. The summed E-state index contributed by atoms with van der Waals surface area (Å²) in [6, 6.07) is 4.07. The fourth-order valence-electron chi connectivity index (χ4n) is 2.70. The zero-order valence-corrected chi connectivity index (χ0v) is 13.9. The molecule has 0 unspecified atom stereocenters. The molecule has 1 fully saturated rings. The number of amides is 1. The Kier molecular flexibility index (Phi) is 7.00. The molecule has 3 rings (SSSR count). The van der Waals surface area contributed by atoms with E-state index in [0.717, 1.165) is 36.0 Å². The SMILES string of the molecule is C[C@H]1C[C@@H](C(=O)Nc2ccnc3ccncc23)CCN1.Cl.Cl. The van der Waals surface area contributed by atoms with Gasteiger partial charge in [0.1, 0.15) is 0 Å². The van der Waals surface area contributed by atoms with Crippen molar-refractivity contribution in [2.45, 2.75) is 25.8 Å². The number of anilines is 1. The number of carbonyl (C=O) groups excluding carboxylic acids is 1. The van der Waals surface area contributed by atoms with Crippen molar-refractivity contribution in [1.29, 1.82) is 0 Å². The van der Waals surface area contributed by atoms with E-state index in [1.54, 1.807) is 18.6 Å². The highest BCUT2D eigenvalue weighted by Crippen LogP contribution is 2.23. The Morgan fingerprint density at radius 1 is 1.32 bits per heavy atom. The summed E-state index contributed by atoms with van der Waals surface area (Å²) in [5.74, 6) is 0.167. The molecule has 2 N–H and O–H groups in total. The van der Waals surface area contributed by atoms with Gasteiger partial charge in [0, 0.05) is 35.9 Å². The second kappa shape index (κ2) is 8.27. The van der Waals surface area contributed by atoms with Crippen LogP contribution in [0.5, 0.6) is 0 Å². The monoisotopic (exact) mass is 342 g/mol. The average Bonchev–Trinajstić information content (AvgIpc) is 2.47. The predicted octanol–water partition coefficient (Wildman–Crippen LogP) is 2.80. The number of piperidine rings is 1. The maximum atomic E-state index is 12.4. The zero-order valence-electron chi connectivity index (χ0n) is 12.3. The van der Waals surface area contributed by atoms with Crippen LogP contribution in [0.2, 0.25) is 0 Å². The lowest BCUT2D eigenvalue weighted by Gasteiger charge is -2.27. The Morgan fingerprint density at radius 3 is 2.91 bits per heavy atom. The normalized spacial score (nSPS) is 20.6. The molecule has 1 amide bonds. The molecule has 2 aromatic heterocycles. The summed E-state index contributed by atoms with van der Waals surface area (Å²) in [5.41, 5.74) is 1.63. The van der Waals surface area contributed by atoms with Gasteiger partial charge in [0.05, 0.1) is 11.2 Å². The number of nitrogens with zero attached hydrogens (tertiary/aromatic N) is 2. The standard InChI is InChI=1S/C15H18N4O.2ClH/c1-10-8-11(2-6-17-10)15(20)19-14-4-7-18-13-3-5-16-9-12(13)14;;/h3-5,7,9-11,17H,2,6,8H2,1H3,(H,18,19,20);2*1H/t10-,11-;;/m0../s1. The molecule has 2 aromatic rings. The molecule has 1 aliphatic rings. The average molecular weight is 343 g/mol. The van der Waals surface area contributed by atoms with Crippen LogP contribution in [0.15, 0.2) is 30.7 Å². The third kappa shape index (κ3) is 4.06. The van der Waals surface area contributed by atoms with Crippen molar-refractivity contribution in [3.63, 3.8) is 0 Å². The number of hydrogen-bond acceptors (Lipinski definition) is 4. The fourth-order valence-corrected chi connectivity index (χ4v) is 2.70. The van der Waals surface area contributed by atoms with Crippen molar-refractivity contribution in [3.05, 3.63) is 30.7 Å². The second-order valence-electron chi connectivity index (χ2n) is 5.32. The van der Waals surface area contributed by atoms with Crippen molar-refractivity contribution in [2.75, 3.05) is 11.9 Å². The van der Waals surface area contributed by atoms with Gasteiger partial charge in [-0.05, 0) is 38.4 Å². The second-order valence-corrected chi connectivity index (χ2v) is 5.32. The number of pyridine rings is 2. The number of hydrogen-bond donors (Lipinski definition) is 2. The van der Waals surface area contributed by atoms with Crippen LogP contribution >= 0.6 is 24.8 Å². The molecule has 0 bridgehead atoms. The Balaban J connectivity index is 0.00000121. The first kappa shape index (κ1) is 18.6. The molecule has 7 heteroatoms. The summed E-state index contributed by atoms with van der Waals surface area (Å²) in [5, 5.41) is 7.27. The van der Waals surface area contributed by atoms with Gasteiger partial charge >= 0.3 is 0 Å². The first-order valence-corrected chi connectivity index (χ1v) is 6.97. The van der Waals surface area contributed by atoms with Gasteiger partial charge in [-0.2, -0.15) is 0 Å². The van der Waals surface area contributed by atoms with E-state index in [9.17, 15) is 4.79 Å². The van der Waals surface area contributed by atoms with Crippen LogP contribution in [0.25, 0.3) is 10.9 Å². The third-order valence-corrected chi connectivity index (χ3v) is 3.80. The van der Waals surface area contributed by atoms with E-state index in [-0.39, 0.29) is 36.6 Å². The minimum atomic E-state index is 0. The van der Waals surface area contributed by atoms with Gasteiger partial charge in [0.25, 0.3) is 0 Å². The van der Waals surface area contributed by atoms with Crippen molar-refractivity contribution in [1.82, 2.24) is 15.3 Å². The lowest BCUT2D eigenvalue weighted by molar-refractivity contribution is -0.120. The first-order valence-electron chi connectivity index (χ1n) is 6.97. The molecule has 0 aliphatic carbocycles. The number of rotatable bonds is 2. The Morgan fingerprint density at radius 2 is 2.14 bits per heavy atom. The van der Waals surface area contributed by atoms with Gasteiger partial charge in [0.15, 0.2) is 0 Å². The lowest BCUT2D eigenvalue weighted by atomic mass is 9.92. The predicted molar refractivity (Wildman–Crippen MR) is 92.9 cm³/mol. The molecule has 5 nitrogen and oxygen atoms in total. The molecule has 0 spiro atoms. The van der Waals surface area contributed by atoms with Gasteiger partial charge in [0.2, 0.25) is 5.91 Å². The Labute approximate surface area is 142 Å². The summed E-state index contributed by atoms with van der Waals surface area (Å²) < 4.78 is 0. The minimum absolute atomic E-state index is 0. The van der Waals surface area contributed by atoms with Crippen LogP contribution < -0.4 is 10.6 Å². The van der Waals surface area contributed by atoms with E-state index in [1.165, 1.54) is 0 Å². The molecule has 0 saturated carbocycles. The van der Waals surface area contributed by atoms with Crippen molar-refractivity contribution < 1.29 is 4.79 Å². The molecular weight excluding hydrogens is 323 g/mol.